The molecule has 0 aliphatic heterocycles. The van der Waals surface area contributed by atoms with Gasteiger partial charge in [0.15, 0.2) is 0 Å². The van der Waals surface area contributed by atoms with Crippen molar-refractivity contribution in [2.45, 2.75) is 91.8 Å². The van der Waals surface area contributed by atoms with E-state index in [0.717, 1.165) is 0 Å². The normalized spacial score (nSPS) is 14.4. The van der Waals surface area contributed by atoms with Crippen molar-refractivity contribution in [3.63, 3.8) is 0 Å². The molecule has 146 valence electrons. The third kappa shape index (κ3) is 12.3. The van der Waals surface area contributed by atoms with Gasteiger partial charge in [0, 0.05) is 24.9 Å². The first-order chi connectivity index (χ1) is 11.2. The van der Waals surface area contributed by atoms with E-state index in [4.69, 9.17) is 9.84 Å². The summed E-state index contributed by atoms with van der Waals surface area (Å²) in [7, 11) is 0. The van der Waals surface area contributed by atoms with Gasteiger partial charge in [0.25, 0.3) is 0 Å². The van der Waals surface area contributed by atoms with E-state index in [1.54, 1.807) is 0 Å². The van der Waals surface area contributed by atoms with Crippen LogP contribution >= 0.6 is 0 Å². The van der Waals surface area contributed by atoms with Gasteiger partial charge in [-0.15, -0.1) is 0 Å². The fraction of sp³-hybridized carbons (Fsp3) is 0.833. The number of hydrogen-bond acceptors (Lipinski definition) is 4. The first-order valence-corrected chi connectivity index (χ1v) is 8.71. The van der Waals surface area contributed by atoms with Gasteiger partial charge in [0.1, 0.15) is 5.60 Å². The van der Waals surface area contributed by atoms with Gasteiger partial charge in [-0.3, -0.25) is 9.59 Å². The van der Waals surface area contributed by atoms with Crippen molar-refractivity contribution >= 4 is 18.0 Å². The number of nitrogens with one attached hydrogen (secondary N) is 2. The Hall–Kier alpha value is -1.79. The van der Waals surface area contributed by atoms with Crippen LogP contribution in [-0.4, -0.2) is 40.8 Å². The van der Waals surface area contributed by atoms with Crippen molar-refractivity contribution in [2.24, 2.45) is 5.41 Å². The predicted octanol–water partition coefficient (Wildman–Crippen LogP) is 3.08. The number of ether oxygens (including phenoxy) is 1. The lowest BCUT2D eigenvalue weighted by Gasteiger charge is -2.31. The number of urea groups is 1. The Balaban J connectivity index is 4.40. The van der Waals surface area contributed by atoms with E-state index in [0.29, 0.717) is 12.8 Å². The van der Waals surface area contributed by atoms with Crippen molar-refractivity contribution < 1.29 is 24.2 Å². The minimum Gasteiger partial charge on any atom is -0.481 e. The highest BCUT2D eigenvalue weighted by Crippen LogP contribution is 2.23. The first-order valence-electron chi connectivity index (χ1n) is 8.71. The van der Waals surface area contributed by atoms with Crippen molar-refractivity contribution in [1.29, 1.82) is 0 Å². The molecular weight excluding hydrogens is 324 g/mol. The highest BCUT2D eigenvalue weighted by atomic mass is 16.6. The van der Waals surface area contributed by atoms with Crippen LogP contribution in [0.4, 0.5) is 4.79 Å². The summed E-state index contributed by atoms with van der Waals surface area (Å²) in [4.78, 5) is 34.6. The zero-order chi connectivity index (χ0) is 19.8. The van der Waals surface area contributed by atoms with Crippen molar-refractivity contribution in [3.8, 4) is 0 Å². The topological polar surface area (TPSA) is 105 Å². The minimum atomic E-state index is -0.887. The zero-order valence-corrected chi connectivity index (χ0v) is 16.6. The maximum atomic E-state index is 12.1. The molecule has 0 aromatic heterocycles. The maximum Gasteiger partial charge on any atom is 0.315 e. The Morgan fingerprint density at radius 2 is 1.52 bits per heavy atom. The smallest absolute Gasteiger partial charge is 0.315 e. The van der Waals surface area contributed by atoms with E-state index in [1.807, 2.05) is 48.5 Å². The van der Waals surface area contributed by atoms with Gasteiger partial charge >= 0.3 is 18.0 Å². The third-order valence-electron chi connectivity index (χ3n) is 3.58. The van der Waals surface area contributed by atoms with Crippen LogP contribution in [0.5, 0.6) is 0 Å². The maximum absolute atomic E-state index is 12.1. The molecule has 7 heteroatoms. The summed E-state index contributed by atoms with van der Waals surface area (Å²) in [5, 5.41) is 14.5. The molecule has 0 aliphatic rings. The first kappa shape index (κ1) is 23.2. The third-order valence-corrected chi connectivity index (χ3v) is 3.58. The number of rotatable bonds is 8. The Bertz CT molecular complexity index is 463. The fourth-order valence-corrected chi connectivity index (χ4v) is 2.21. The lowest BCUT2D eigenvalue weighted by molar-refractivity contribution is -0.155. The van der Waals surface area contributed by atoms with Gasteiger partial charge in [0.05, 0.1) is 0 Å². The van der Waals surface area contributed by atoms with Gasteiger partial charge < -0.3 is 20.5 Å². The second kappa shape index (κ2) is 9.63. The summed E-state index contributed by atoms with van der Waals surface area (Å²) in [6.07, 6.45) is 1.05. The number of hydrogen-bond donors (Lipinski definition) is 3. The average molecular weight is 358 g/mol. The molecule has 0 aromatic carbocycles. The van der Waals surface area contributed by atoms with Gasteiger partial charge in [-0.25, -0.2) is 4.79 Å². The Morgan fingerprint density at radius 1 is 0.960 bits per heavy atom. The SMILES string of the molecule is C[C@H](CCC(=O)OC(C)(C)C)NC(=O)N[C@@H](CCC(=O)O)C(C)(C)C. The second-order valence-corrected chi connectivity index (χ2v) is 8.49. The van der Waals surface area contributed by atoms with E-state index in [-0.39, 0.29) is 42.3 Å². The van der Waals surface area contributed by atoms with Crippen LogP contribution in [0.2, 0.25) is 0 Å². The van der Waals surface area contributed by atoms with Crippen molar-refractivity contribution in [1.82, 2.24) is 10.6 Å². The molecule has 0 rings (SSSR count). The lowest BCUT2D eigenvalue weighted by atomic mass is 9.84. The van der Waals surface area contributed by atoms with Crippen LogP contribution < -0.4 is 10.6 Å². The second-order valence-electron chi connectivity index (χ2n) is 8.49. The van der Waals surface area contributed by atoms with Crippen LogP contribution in [-0.2, 0) is 14.3 Å². The Kier molecular flexibility index (Phi) is 8.94. The van der Waals surface area contributed by atoms with Gasteiger partial charge in [-0.05, 0) is 46.0 Å². The van der Waals surface area contributed by atoms with Crippen molar-refractivity contribution in [3.05, 3.63) is 0 Å². The summed E-state index contributed by atoms with van der Waals surface area (Å²) in [5.41, 5.74) is -0.776. The number of carboxylic acid groups (broad SMARTS) is 1. The molecule has 0 saturated heterocycles. The van der Waals surface area contributed by atoms with E-state index < -0.39 is 11.6 Å². The van der Waals surface area contributed by atoms with E-state index in [2.05, 4.69) is 10.6 Å². The molecule has 25 heavy (non-hydrogen) atoms. The molecule has 0 fully saturated rings. The molecule has 0 bridgehead atoms. The molecule has 0 spiro atoms. The monoisotopic (exact) mass is 358 g/mol. The molecule has 7 nitrogen and oxygen atoms in total. The summed E-state index contributed by atoms with van der Waals surface area (Å²) in [5.74, 6) is -1.18. The number of esters is 1. The van der Waals surface area contributed by atoms with Crippen molar-refractivity contribution in [2.75, 3.05) is 0 Å². The fourth-order valence-electron chi connectivity index (χ4n) is 2.21. The highest BCUT2D eigenvalue weighted by Gasteiger charge is 2.27. The van der Waals surface area contributed by atoms with E-state index in [9.17, 15) is 14.4 Å². The summed E-state index contributed by atoms with van der Waals surface area (Å²) < 4.78 is 5.23. The summed E-state index contributed by atoms with van der Waals surface area (Å²) in [6, 6.07) is -0.823. The largest absolute Gasteiger partial charge is 0.481 e. The Labute approximate surface area is 150 Å². The quantitative estimate of drug-likeness (QED) is 0.578. The molecule has 0 aliphatic carbocycles. The summed E-state index contributed by atoms with van der Waals surface area (Å²) in [6.45, 7) is 13.1. The van der Waals surface area contributed by atoms with Gasteiger partial charge in [-0.1, -0.05) is 20.8 Å². The molecule has 0 saturated carbocycles. The van der Waals surface area contributed by atoms with Crippen LogP contribution in [0, 0.1) is 5.41 Å². The number of aliphatic carboxylic acids is 1. The van der Waals surface area contributed by atoms with E-state index >= 15 is 0 Å². The number of amides is 2. The number of carbonyl (C=O) groups is 3. The minimum absolute atomic E-state index is 0.00356. The molecule has 0 radical (unpaired) electrons. The lowest BCUT2D eigenvalue weighted by Crippen LogP contribution is -2.50. The molecule has 2 amide bonds. The molecular formula is C18H34N2O5. The van der Waals surface area contributed by atoms with E-state index in [1.165, 1.54) is 0 Å². The summed E-state index contributed by atoms with van der Waals surface area (Å²) >= 11 is 0. The molecule has 3 N–H and O–H groups in total. The Morgan fingerprint density at radius 3 is 1.96 bits per heavy atom. The van der Waals surface area contributed by atoms with Crippen LogP contribution in [0.3, 0.4) is 0 Å². The standard InChI is InChI=1S/C18H34N2O5/c1-12(8-11-15(23)25-18(5,6)7)19-16(24)20-13(17(2,3)4)9-10-14(21)22/h12-13H,8-11H2,1-7H3,(H,21,22)(H2,19,20,24)/t12-,13+/m1/s1. The van der Waals surface area contributed by atoms with Gasteiger partial charge in [0.2, 0.25) is 0 Å². The van der Waals surface area contributed by atoms with Crippen LogP contribution in [0.1, 0.15) is 74.1 Å². The molecule has 0 heterocycles. The average Bonchev–Trinajstić information content (AvgIpc) is 2.37. The number of carboxylic acids is 1. The van der Waals surface area contributed by atoms with Crippen LogP contribution in [0.15, 0.2) is 0 Å². The number of carbonyl (C=O) groups excluding carboxylic acids is 2. The zero-order valence-electron chi connectivity index (χ0n) is 16.6. The predicted molar refractivity (Wildman–Crippen MR) is 96.3 cm³/mol. The molecule has 2 atom stereocenters. The van der Waals surface area contributed by atoms with Gasteiger partial charge in [-0.2, -0.15) is 0 Å². The highest BCUT2D eigenvalue weighted by molar-refractivity contribution is 5.75. The molecule has 0 unspecified atom stereocenters. The van der Waals surface area contributed by atoms with Crippen LogP contribution in [0.25, 0.3) is 0 Å². The molecule has 0 aromatic rings.